The molecular formula is C10H9NOS. The lowest BCUT2D eigenvalue weighted by atomic mass is 10.2. The van der Waals surface area contributed by atoms with Crippen LogP contribution >= 0.6 is 11.3 Å². The molecular weight excluding hydrogens is 182 g/mol. The van der Waals surface area contributed by atoms with Gasteiger partial charge in [-0.05, 0) is 24.4 Å². The van der Waals surface area contributed by atoms with Crippen LogP contribution in [0.4, 0.5) is 0 Å². The Hall–Kier alpha value is -1.35. The highest BCUT2D eigenvalue weighted by Gasteiger charge is 2.03. The van der Waals surface area contributed by atoms with Crippen molar-refractivity contribution in [3.05, 3.63) is 35.2 Å². The van der Waals surface area contributed by atoms with Gasteiger partial charge in [0.1, 0.15) is 0 Å². The molecule has 0 saturated heterocycles. The van der Waals surface area contributed by atoms with Gasteiger partial charge in [0.15, 0.2) is 0 Å². The number of rotatable bonds is 1. The molecule has 2 rings (SSSR count). The van der Waals surface area contributed by atoms with E-state index in [2.05, 4.69) is 17.3 Å². The Kier molecular flexibility index (Phi) is 2.02. The fourth-order valence-corrected chi connectivity index (χ4v) is 2.21. The van der Waals surface area contributed by atoms with Crippen molar-refractivity contribution in [3.63, 3.8) is 0 Å². The molecule has 0 bridgehead atoms. The quantitative estimate of drug-likeness (QED) is 0.419. The van der Waals surface area contributed by atoms with Crippen LogP contribution in [-0.2, 0) is 0 Å². The van der Waals surface area contributed by atoms with E-state index in [1.165, 1.54) is 10.1 Å². The van der Waals surface area contributed by atoms with Crippen LogP contribution in [0, 0.1) is 0 Å². The molecule has 0 amide bonds. The third kappa shape index (κ3) is 1.42. The summed E-state index contributed by atoms with van der Waals surface area (Å²) in [6.45, 7) is 1.80. The van der Waals surface area contributed by atoms with Crippen LogP contribution in [0.15, 0.2) is 35.5 Å². The maximum Gasteiger partial charge on any atom is 0.0936 e. The van der Waals surface area contributed by atoms with Crippen molar-refractivity contribution < 1.29 is 5.21 Å². The molecule has 0 aliphatic carbocycles. The summed E-state index contributed by atoms with van der Waals surface area (Å²) in [5, 5.41) is 13.0. The Morgan fingerprint density at radius 3 is 2.85 bits per heavy atom. The van der Waals surface area contributed by atoms with Crippen LogP contribution in [0.1, 0.15) is 11.8 Å². The average Bonchev–Trinajstić information content (AvgIpc) is 2.59. The summed E-state index contributed by atoms with van der Waals surface area (Å²) in [7, 11) is 0. The summed E-state index contributed by atoms with van der Waals surface area (Å²) in [6, 6.07) is 10.2. The standard InChI is InChI=1S/C10H9NOS/c1-7(11-12)10-6-8-4-2-3-5-9(8)13-10/h2-6,12H,1H3. The normalized spacial score (nSPS) is 12.2. The predicted octanol–water partition coefficient (Wildman–Crippen LogP) is 3.10. The van der Waals surface area contributed by atoms with E-state index in [-0.39, 0.29) is 0 Å². The van der Waals surface area contributed by atoms with E-state index >= 15 is 0 Å². The minimum Gasteiger partial charge on any atom is -0.411 e. The summed E-state index contributed by atoms with van der Waals surface area (Å²) >= 11 is 1.64. The Labute approximate surface area is 80.1 Å². The molecule has 0 saturated carbocycles. The highest BCUT2D eigenvalue weighted by Crippen LogP contribution is 2.25. The first-order valence-corrected chi connectivity index (χ1v) is 4.80. The fraction of sp³-hybridized carbons (Fsp3) is 0.100. The fourth-order valence-electron chi connectivity index (χ4n) is 1.21. The zero-order valence-corrected chi connectivity index (χ0v) is 8.01. The molecule has 1 aromatic heterocycles. The molecule has 1 heterocycles. The number of hydrogen-bond acceptors (Lipinski definition) is 3. The van der Waals surface area contributed by atoms with Crippen molar-refractivity contribution in [3.8, 4) is 0 Å². The zero-order valence-electron chi connectivity index (χ0n) is 7.19. The Morgan fingerprint density at radius 1 is 1.38 bits per heavy atom. The lowest BCUT2D eigenvalue weighted by Crippen LogP contribution is -1.87. The summed E-state index contributed by atoms with van der Waals surface area (Å²) < 4.78 is 1.22. The maximum atomic E-state index is 8.61. The molecule has 0 radical (unpaired) electrons. The molecule has 1 N–H and O–H groups in total. The minimum absolute atomic E-state index is 0.668. The molecule has 1 aromatic carbocycles. The molecule has 3 heteroatoms. The van der Waals surface area contributed by atoms with Crippen molar-refractivity contribution >= 4 is 27.1 Å². The number of benzene rings is 1. The number of oxime groups is 1. The van der Waals surface area contributed by atoms with Gasteiger partial charge in [-0.3, -0.25) is 0 Å². The first kappa shape index (κ1) is 8.26. The monoisotopic (exact) mass is 191 g/mol. The van der Waals surface area contributed by atoms with Gasteiger partial charge in [-0.1, -0.05) is 23.4 Å². The Bertz CT molecular complexity index is 426. The van der Waals surface area contributed by atoms with Gasteiger partial charge < -0.3 is 5.21 Å². The van der Waals surface area contributed by atoms with Crippen LogP contribution in [0.25, 0.3) is 10.1 Å². The molecule has 2 nitrogen and oxygen atoms in total. The SMILES string of the molecule is CC(=NO)c1cc2ccccc2s1. The molecule has 0 aliphatic rings. The highest BCUT2D eigenvalue weighted by molar-refractivity contribution is 7.20. The largest absolute Gasteiger partial charge is 0.411 e. The van der Waals surface area contributed by atoms with Gasteiger partial charge in [0.2, 0.25) is 0 Å². The van der Waals surface area contributed by atoms with Gasteiger partial charge in [-0.25, -0.2) is 0 Å². The molecule has 0 fully saturated rings. The van der Waals surface area contributed by atoms with Crippen LogP contribution < -0.4 is 0 Å². The van der Waals surface area contributed by atoms with Gasteiger partial charge in [0.25, 0.3) is 0 Å². The molecule has 2 aromatic rings. The number of nitrogens with zero attached hydrogens (tertiary/aromatic N) is 1. The van der Waals surface area contributed by atoms with Gasteiger partial charge in [-0.2, -0.15) is 0 Å². The topological polar surface area (TPSA) is 32.6 Å². The second kappa shape index (κ2) is 3.18. The summed E-state index contributed by atoms with van der Waals surface area (Å²) in [5.74, 6) is 0. The Balaban J connectivity index is 2.62. The van der Waals surface area contributed by atoms with Crippen LogP contribution in [0.5, 0.6) is 0 Å². The van der Waals surface area contributed by atoms with E-state index in [0.29, 0.717) is 5.71 Å². The van der Waals surface area contributed by atoms with Gasteiger partial charge in [-0.15, -0.1) is 11.3 Å². The van der Waals surface area contributed by atoms with Crippen molar-refractivity contribution in [1.29, 1.82) is 0 Å². The van der Waals surface area contributed by atoms with Crippen molar-refractivity contribution in [2.45, 2.75) is 6.92 Å². The minimum atomic E-state index is 0.668. The lowest BCUT2D eigenvalue weighted by Gasteiger charge is -1.87. The van der Waals surface area contributed by atoms with Crippen LogP contribution in [0.3, 0.4) is 0 Å². The van der Waals surface area contributed by atoms with E-state index in [1.54, 1.807) is 18.3 Å². The third-order valence-electron chi connectivity index (χ3n) is 1.93. The van der Waals surface area contributed by atoms with Gasteiger partial charge in [0, 0.05) is 4.70 Å². The van der Waals surface area contributed by atoms with E-state index in [4.69, 9.17) is 5.21 Å². The zero-order chi connectivity index (χ0) is 9.26. The highest BCUT2D eigenvalue weighted by atomic mass is 32.1. The first-order chi connectivity index (χ1) is 6.31. The summed E-state index contributed by atoms with van der Waals surface area (Å²) in [6.07, 6.45) is 0. The third-order valence-corrected chi connectivity index (χ3v) is 3.16. The first-order valence-electron chi connectivity index (χ1n) is 3.99. The number of hydrogen-bond donors (Lipinski definition) is 1. The number of fused-ring (bicyclic) bond motifs is 1. The van der Waals surface area contributed by atoms with E-state index in [0.717, 1.165) is 4.88 Å². The van der Waals surface area contributed by atoms with Crippen LogP contribution in [-0.4, -0.2) is 10.9 Å². The molecule has 0 atom stereocenters. The molecule has 0 unspecified atom stereocenters. The van der Waals surface area contributed by atoms with Crippen molar-refractivity contribution in [1.82, 2.24) is 0 Å². The van der Waals surface area contributed by atoms with Gasteiger partial charge >= 0.3 is 0 Å². The summed E-state index contributed by atoms with van der Waals surface area (Å²) in [4.78, 5) is 1.02. The predicted molar refractivity (Wildman–Crippen MR) is 55.8 cm³/mol. The van der Waals surface area contributed by atoms with Gasteiger partial charge in [0.05, 0.1) is 10.6 Å². The maximum absolute atomic E-state index is 8.61. The molecule has 0 spiro atoms. The van der Waals surface area contributed by atoms with E-state index < -0.39 is 0 Å². The van der Waals surface area contributed by atoms with E-state index in [1.807, 2.05) is 18.2 Å². The smallest absolute Gasteiger partial charge is 0.0936 e. The second-order valence-corrected chi connectivity index (χ2v) is 3.92. The molecule has 13 heavy (non-hydrogen) atoms. The second-order valence-electron chi connectivity index (χ2n) is 2.83. The Morgan fingerprint density at radius 2 is 2.15 bits per heavy atom. The molecule has 66 valence electrons. The summed E-state index contributed by atoms with van der Waals surface area (Å²) in [5.41, 5.74) is 0.668. The molecule has 0 aliphatic heterocycles. The lowest BCUT2D eigenvalue weighted by molar-refractivity contribution is 0.319. The van der Waals surface area contributed by atoms with Crippen LogP contribution in [0.2, 0.25) is 0 Å². The average molecular weight is 191 g/mol. The number of thiophene rings is 1. The van der Waals surface area contributed by atoms with Crippen molar-refractivity contribution in [2.75, 3.05) is 0 Å². The van der Waals surface area contributed by atoms with Crippen molar-refractivity contribution in [2.24, 2.45) is 5.16 Å². The van der Waals surface area contributed by atoms with E-state index in [9.17, 15) is 0 Å².